The Hall–Kier alpha value is -2.20. The Labute approximate surface area is 130 Å². The summed E-state index contributed by atoms with van der Waals surface area (Å²) < 4.78 is 0. The minimum absolute atomic E-state index is 0.194. The minimum Gasteiger partial charge on any atom is -0.358 e. The first-order valence-electron chi connectivity index (χ1n) is 6.76. The molecule has 4 heteroatoms. The van der Waals surface area contributed by atoms with Gasteiger partial charge in [0.2, 0.25) is 0 Å². The number of rotatable bonds is 3. The van der Waals surface area contributed by atoms with Gasteiger partial charge in [-0.05, 0) is 43.8 Å². The predicted octanol–water partition coefficient (Wildman–Crippen LogP) is 3.11. The molecule has 1 amide bonds. The number of benzene rings is 2. The molecule has 0 aliphatic rings. The van der Waals surface area contributed by atoms with Gasteiger partial charge in [0.15, 0.2) is 5.11 Å². The lowest BCUT2D eigenvalue weighted by Crippen LogP contribution is -2.38. The molecule has 0 aromatic heterocycles. The summed E-state index contributed by atoms with van der Waals surface area (Å²) in [7, 11) is 0. The van der Waals surface area contributed by atoms with E-state index in [1.165, 1.54) is 5.56 Å². The van der Waals surface area contributed by atoms with Crippen LogP contribution in [-0.4, -0.2) is 11.0 Å². The average molecular weight is 298 g/mol. The van der Waals surface area contributed by atoms with Crippen molar-refractivity contribution in [2.24, 2.45) is 0 Å². The summed E-state index contributed by atoms with van der Waals surface area (Å²) in [6.07, 6.45) is 0. The summed E-state index contributed by atoms with van der Waals surface area (Å²) in [5, 5.41) is 6.05. The Morgan fingerprint density at radius 2 is 1.76 bits per heavy atom. The molecule has 0 bridgehead atoms. The molecule has 0 atom stereocenters. The minimum atomic E-state index is -0.194. The number of nitrogens with one attached hydrogen (secondary N) is 2. The van der Waals surface area contributed by atoms with Crippen LogP contribution in [0.2, 0.25) is 0 Å². The first-order chi connectivity index (χ1) is 10.0. The second kappa shape index (κ2) is 6.99. The van der Waals surface area contributed by atoms with Crippen LogP contribution in [0.3, 0.4) is 0 Å². The Morgan fingerprint density at radius 3 is 2.43 bits per heavy atom. The topological polar surface area (TPSA) is 41.1 Å². The molecule has 0 saturated heterocycles. The van der Waals surface area contributed by atoms with Crippen molar-refractivity contribution in [3.63, 3.8) is 0 Å². The molecule has 0 heterocycles. The van der Waals surface area contributed by atoms with E-state index in [2.05, 4.69) is 10.6 Å². The molecule has 0 aliphatic carbocycles. The van der Waals surface area contributed by atoms with Crippen LogP contribution in [0, 0.1) is 13.8 Å². The maximum Gasteiger partial charge on any atom is 0.257 e. The van der Waals surface area contributed by atoms with Gasteiger partial charge in [0.05, 0.1) is 0 Å². The molecule has 0 unspecified atom stereocenters. The highest BCUT2D eigenvalue weighted by atomic mass is 32.1. The number of carbonyl (C=O) groups excluding carboxylic acids is 1. The van der Waals surface area contributed by atoms with Gasteiger partial charge in [0.25, 0.3) is 5.91 Å². The molecular weight excluding hydrogens is 280 g/mol. The van der Waals surface area contributed by atoms with Crippen molar-refractivity contribution in [2.45, 2.75) is 20.4 Å². The highest BCUT2D eigenvalue weighted by Crippen LogP contribution is 2.04. The first-order valence-corrected chi connectivity index (χ1v) is 7.17. The molecule has 0 spiro atoms. The summed E-state index contributed by atoms with van der Waals surface area (Å²) in [6.45, 7) is 4.59. The molecule has 2 aromatic carbocycles. The van der Waals surface area contributed by atoms with Gasteiger partial charge in [0.1, 0.15) is 0 Å². The van der Waals surface area contributed by atoms with Crippen LogP contribution in [-0.2, 0) is 6.54 Å². The van der Waals surface area contributed by atoms with E-state index in [0.717, 1.165) is 11.1 Å². The second-order valence-corrected chi connectivity index (χ2v) is 5.40. The van der Waals surface area contributed by atoms with Crippen LogP contribution in [0.15, 0.2) is 48.5 Å². The van der Waals surface area contributed by atoms with Crippen molar-refractivity contribution >= 4 is 23.2 Å². The normalized spacial score (nSPS) is 10.0. The van der Waals surface area contributed by atoms with Crippen molar-refractivity contribution in [3.8, 4) is 0 Å². The highest BCUT2D eigenvalue weighted by molar-refractivity contribution is 7.80. The van der Waals surface area contributed by atoms with Crippen LogP contribution >= 0.6 is 12.2 Å². The van der Waals surface area contributed by atoms with E-state index in [4.69, 9.17) is 12.2 Å². The summed E-state index contributed by atoms with van der Waals surface area (Å²) in [5.74, 6) is -0.194. The van der Waals surface area contributed by atoms with Gasteiger partial charge in [-0.2, -0.15) is 0 Å². The fourth-order valence-corrected chi connectivity index (χ4v) is 2.06. The summed E-state index contributed by atoms with van der Waals surface area (Å²) in [6, 6.07) is 15.6. The van der Waals surface area contributed by atoms with Gasteiger partial charge in [-0.15, -0.1) is 0 Å². The maximum atomic E-state index is 12.0. The maximum absolute atomic E-state index is 12.0. The van der Waals surface area contributed by atoms with Crippen molar-refractivity contribution in [1.82, 2.24) is 10.6 Å². The molecule has 108 valence electrons. The van der Waals surface area contributed by atoms with E-state index in [1.807, 2.05) is 56.3 Å². The van der Waals surface area contributed by atoms with Crippen LogP contribution in [0.5, 0.6) is 0 Å². The SMILES string of the molecule is Cc1ccc(CNC(=S)NC(=O)c2cccc(C)c2)cc1. The molecular formula is C17H18N2OS. The molecule has 0 saturated carbocycles. The van der Waals surface area contributed by atoms with Crippen LogP contribution < -0.4 is 10.6 Å². The average Bonchev–Trinajstić information content (AvgIpc) is 2.46. The molecule has 3 nitrogen and oxygen atoms in total. The lowest BCUT2D eigenvalue weighted by molar-refractivity contribution is 0.0976. The van der Waals surface area contributed by atoms with Crippen molar-refractivity contribution in [1.29, 1.82) is 0 Å². The fourth-order valence-electron chi connectivity index (χ4n) is 1.89. The Morgan fingerprint density at radius 1 is 1.05 bits per heavy atom. The Kier molecular flexibility index (Phi) is 5.06. The van der Waals surface area contributed by atoms with Gasteiger partial charge in [-0.25, -0.2) is 0 Å². The molecule has 2 N–H and O–H groups in total. The van der Waals surface area contributed by atoms with Gasteiger partial charge >= 0.3 is 0 Å². The molecule has 0 radical (unpaired) electrons. The fraction of sp³-hybridized carbons (Fsp3) is 0.176. The molecule has 21 heavy (non-hydrogen) atoms. The monoisotopic (exact) mass is 298 g/mol. The Bertz CT molecular complexity index is 650. The summed E-state index contributed by atoms with van der Waals surface area (Å²) in [5.41, 5.74) is 3.98. The zero-order valence-electron chi connectivity index (χ0n) is 12.1. The van der Waals surface area contributed by atoms with E-state index < -0.39 is 0 Å². The number of amides is 1. The van der Waals surface area contributed by atoms with Crippen molar-refractivity contribution in [2.75, 3.05) is 0 Å². The van der Waals surface area contributed by atoms with Crippen molar-refractivity contribution < 1.29 is 4.79 Å². The van der Waals surface area contributed by atoms with E-state index in [-0.39, 0.29) is 5.91 Å². The zero-order chi connectivity index (χ0) is 15.2. The van der Waals surface area contributed by atoms with Crippen LogP contribution in [0.1, 0.15) is 27.0 Å². The third-order valence-corrected chi connectivity index (χ3v) is 3.33. The highest BCUT2D eigenvalue weighted by Gasteiger charge is 2.07. The largest absolute Gasteiger partial charge is 0.358 e. The van der Waals surface area contributed by atoms with Gasteiger partial charge in [0, 0.05) is 12.1 Å². The first kappa shape index (κ1) is 15.2. The predicted molar refractivity (Wildman–Crippen MR) is 89.3 cm³/mol. The zero-order valence-corrected chi connectivity index (χ0v) is 13.0. The third-order valence-electron chi connectivity index (χ3n) is 3.08. The number of hydrogen-bond donors (Lipinski definition) is 2. The molecule has 0 fully saturated rings. The van der Waals surface area contributed by atoms with E-state index >= 15 is 0 Å². The van der Waals surface area contributed by atoms with Gasteiger partial charge < -0.3 is 5.32 Å². The number of hydrogen-bond acceptors (Lipinski definition) is 2. The standard InChI is InChI=1S/C17H18N2OS/c1-12-6-8-14(9-7-12)11-18-17(21)19-16(20)15-5-3-4-13(2)10-15/h3-10H,11H2,1-2H3,(H2,18,19,20,21). The quantitative estimate of drug-likeness (QED) is 0.856. The Balaban J connectivity index is 1.87. The number of thiocarbonyl (C=S) groups is 1. The third kappa shape index (κ3) is 4.68. The van der Waals surface area contributed by atoms with E-state index in [0.29, 0.717) is 17.2 Å². The van der Waals surface area contributed by atoms with Crippen LogP contribution in [0.25, 0.3) is 0 Å². The number of carbonyl (C=O) groups is 1. The van der Waals surface area contributed by atoms with E-state index in [9.17, 15) is 4.79 Å². The van der Waals surface area contributed by atoms with Crippen LogP contribution in [0.4, 0.5) is 0 Å². The van der Waals surface area contributed by atoms with Gasteiger partial charge in [-0.3, -0.25) is 10.1 Å². The van der Waals surface area contributed by atoms with Gasteiger partial charge in [-0.1, -0.05) is 47.5 Å². The summed E-state index contributed by atoms with van der Waals surface area (Å²) >= 11 is 5.14. The molecule has 0 aliphatic heterocycles. The second-order valence-electron chi connectivity index (χ2n) is 4.99. The molecule has 2 aromatic rings. The smallest absolute Gasteiger partial charge is 0.257 e. The summed E-state index contributed by atoms with van der Waals surface area (Å²) in [4.78, 5) is 12.0. The van der Waals surface area contributed by atoms with Crippen molar-refractivity contribution in [3.05, 3.63) is 70.8 Å². The number of aryl methyl sites for hydroxylation is 2. The molecule has 2 rings (SSSR count). The lowest BCUT2D eigenvalue weighted by Gasteiger charge is -2.10. The lowest BCUT2D eigenvalue weighted by atomic mass is 10.1. The van der Waals surface area contributed by atoms with E-state index in [1.54, 1.807) is 6.07 Å².